The smallest absolute Gasteiger partial charge is 0.387 e. The first-order chi connectivity index (χ1) is 11.0. The van der Waals surface area contributed by atoms with Crippen LogP contribution in [0.25, 0.3) is 0 Å². The highest BCUT2D eigenvalue weighted by Gasteiger charge is 2.27. The number of alkyl halides is 2. The van der Waals surface area contributed by atoms with Crippen molar-refractivity contribution in [1.82, 2.24) is 5.32 Å². The molecule has 1 N–H and O–H groups in total. The second kappa shape index (κ2) is 8.38. The number of para-hydroxylation sites is 2. The Balaban J connectivity index is 1.96. The summed E-state index contributed by atoms with van der Waals surface area (Å²) in [5.74, 6) is 0.967. The fourth-order valence-corrected chi connectivity index (χ4v) is 3.33. The van der Waals surface area contributed by atoms with Gasteiger partial charge in [-0.05, 0) is 24.8 Å². The molecule has 1 aliphatic heterocycles. The zero-order valence-corrected chi connectivity index (χ0v) is 14.1. The molecule has 1 saturated heterocycles. The minimum absolute atomic E-state index is 0.0337. The maximum atomic E-state index is 12.5. The number of nitrogens with zero attached hydrogens (tertiary/aromatic N) is 1. The molecule has 1 aromatic rings. The first-order valence-electron chi connectivity index (χ1n) is 7.59. The summed E-state index contributed by atoms with van der Waals surface area (Å²) < 4.78 is 29.6. The summed E-state index contributed by atoms with van der Waals surface area (Å²) in [5.41, 5.74) is 0.640. The lowest BCUT2D eigenvalue weighted by Crippen LogP contribution is -2.40. The second-order valence-electron chi connectivity index (χ2n) is 5.64. The molecule has 0 radical (unpaired) electrons. The van der Waals surface area contributed by atoms with E-state index in [0.717, 1.165) is 12.2 Å². The van der Waals surface area contributed by atoms with Crippen molar-refractivity contribution in [3.05, 3.63) is 24.3 Å². The molecular formula is C16H22F2N2O2S. The Bertz CT molecular complexity index is 531. The molecule has 2 rings (SSSR count). The average molecular weight is 344 g/mol. The molecule has 1 amide bonds. The van der Waals surface area contributed by atoms with Crippen molar-refractivity contribution in [2.75, 3.05) is 30.0 Å². The second-order valence-corrected chi connectivity index (χ2v) is 6.55. The standard InChI is InChI=1S/C16H22F2N2O2S/c1-11(10-23-2)15(21)19-12-7-8-20(9-12)13-5-3-4-6-14(13)22-16(17)18/h3-6,11-12,16H,7-10H2,1-2H3,(H,19,21)/t11-,12+/m0/s1. The lowest BCUT2D eigenvalue weighted by Gasteiger charge is -2.22. The highest BCUT2D eigenvalue weighted by atomic mass is 32.2. The van der Waals surface area contributed by atoms with Crippen LogP contribution in [0.15, 0.2) is 24.3 Å². The molecule has 7 heteroatoms. The summed E-state index contributed by atoms with van der Waals surface area (Å²) in [6.07, 6.45) is 2.77. The van der Waals surface area contributed by atoms with Crippen molar-refractivity contribution in [3.63, 3.8) is 0 Å². The van der Waals surface area contributed by atoms with Crippen molar-refractivity contribution in [3.8, 4) is 5.75 Å². The highest BCUT2D eigenvalue weighted by molar-refractivity contribution is 7.98. The number of rotatable bonds is 7. The van der Waals surface area contributed by atoms with Crippen LogP contribution in [-0.4, -0.2) is 43.7 Å². The van der Waals surface area contributed by atoms with Crippen molar-refractivity contribution in [2.24, 2.45) is 5.92 Å². The van der Waals surface area contributed by atoms with E-state index in [1.807, 2.05) is 18.1 Å². The molecule has 0 spiro atoms. The van der Waals surface area contributed by atoms with Gasteiger partial charge in [0.05, 0.1) is 5.69 Å². The summed E-state index contributed by atoms with van der Waals surface area (Å²) >= 11 is 1.64. The lowest BCUT2D eigenvalue weighted by atomic mass is 10.1. The number of amides is 1. The van der Waals surface area contributed by atoms with Crippen molar-refractivity contribution in [2.45, 2.75) is 26.0 Å². The van der Waals surface area contributed by atoms with Gasteiger partial charge in [-0.25, -0.2) is 0 Å². The summed E-state index contributed by atoms with van der Waals surface area (Å²) in [7, 11) is 0. The van der Waals surface area contributed by atoms with Gasteiger partial charge in [0.15, 0.2) is 0 Å². The zero-order valence-electron chi connectivity index (χ0n) is 13.3. The summed E-state index contributed by atoms with van der Waals surface area (Å²) in [6.45, 7) is 0.360. The third kappa shape index (κ3) is 4.99. The normalized spacial score (nSPS) is 19.0. The average Bonchev–Trinajstić information content (AvgIpc) is 2.95. The van der Waals surface area contributed by atoms with E-state index in [0.29, 0.717) is 18.8 Å². The van der Waals surface area contributed by atoms with Crippen LogP contribution in [0.5, 0.6) is 5.75 Å². The van der Waals surface area contributed by atoms with Crippen molar-refractivity contribution in [1.29, 1.82) is 0 Å². The molecule has 1 aliphatic rings. The van der Waals surface area contributed by atoms with Crippen LogP contribution in [0.4, 0.5) is 14.5 Å². The van der Waals surface area contributed by atoms with E-state index in [4.69, 9.17) is 0 Å². The summed E-state index contributed by atoms with van der Waals surface area (Å²) in [5, 5.41) is 3.04. The van der Waals surface area contributed by atoms with Gasteiger partial charge in [0, 0.05) is 30.8 Å². The quantitative estimate of drug-likeness (QED) is 0.826. The molecule has 4 nitrogen and oxygen atoms in total. The van der Waals surface area contributed by atoms with E-state index in [9.17, 15) is 13.6 Å². The molecule has 0 bridgehead atoms. The third-order valence-corrected chi connectivity index (χ3v) is 4.65. The molecule has 23 heavy (non-hydrogen) atoms. The van der Waals surface area contributed by atoms with Gasteiger partial charge in [-0.3, -0.25) is 4.79 Å². The number of carbonyl (C=O) groups excluding carboxylic acids is 1. The van der Waals surface area contributed by atoms with Gasteiger partial charge < -0.3 is 15.0 Å². The van der Waals surface area contributed by atoms with Crippen LogP contribution >= 0.6 is 11.8 Å². The van der Waals surface area contributed by atoms with E-state index in [1.165, 1.54) is 6.07 Å². The van der Waals surface area contributed by atoms with Crippen molar-refractivity contribution < 1.29 is 18.3 Å². The molecule has 0 aromatic heterocycles. The Kier molecular flexibility index (Phi) is 6.50. The van der Waals surface area contributed by atoms with Gasteiger partial charge in [-0.1, -0.05) is 19.1 Å². The number of nitrogens with one attached hydrogen (secondary N) is 1. The number of ether oxygens (including phenoxy) is 1. The van der Waals surface area contributed by atoms with Gasteiger partial charge in [0.2, 0.25) is 5.91 Å². The monoisotopic (exact) mass is 344 g/mol. The number of hydrogen-bond acceptors (Lipinski definition) is 4. The van der Waals surface area contributed by atoms with Crippen LogP contribution < -0.4 is 15.0 Å². The van der Waals surface area contributed by atoms with E-state index in [2.05, 4.69) is 10.1 Å². The lowest BCUT2D eigenvalue weighted by molar-refractivity contribution is -0.124. The molecule has 0 unspecified atom stereocenters. The van der Waals surface area contributed by atoms with Gasteiger partial charge in [0.1, 0.15) is 5.75 Å². The maximum absolute atomic E-state index is 12.5. The Morgan fingerprint density at radius 3 is 2.91 bits per heavy atom. The fraction of sp³-hybridized carbons (Fsp3) is 0.562. The Morgan fingerprint density at radius 1 is 1.48 bits per heavy atom. The van der Waals surface area contributed by atoms with Crippen LogP contribution in [0.3, 0.4) is 0 Å². The van der Waals surface area contributed by atoms with Crippen LogP contribution in [0.1, 0.15) is 13.3 Å². The highest BCUT2D eigenvalue weighted by Crippen LogP contribution is 2.31. The first-order valence-corrected chi connectivity index (χ1v) is 8.98. The molecule has 1 fully saturated rings. The number of anilines is 1. The van der Waals surface area contributed by atoms with Crippen LogP contribution in [0, 0.1) is 5.92 Å². The SMILES string of the molecule is CSC[C@H](C)C(=O)N[C@@H]1CCN(c2ccccc2OC(F)F)C1. The minimum Gasteiger partial charge on any atom is -0.433 e. The molecule has 128 valence electrons. The molecule has 2 atom stereocenters. The van der Waals surface area contributed by atoms with Crippen LogP contribution in [0.2, 0.25) is 0 Å². The largest absolute Gasteiger partial charge is 0.433 e. The summed E-state index contributed by atoms with van der Waals surface area (Å²) in [4.78, 5) is 14.1. The Morgan fingerprint density at radius 2 is 2.22 bits per heavy atom. The van der Waals surface area contributed by atoms with E-state index in [1.54, 1.807) is 30.0 Å². The zero-order chi connectivity index (χ0) is 16.8. The Hall–Kier alpha value is -1.50. The topological polar surface area (TPSA) is 41.6 Å². The molecule has 0 aliphatic carbocycles. The fourth-order valence-electron chi connectivity index (χ4n) is 2.68. The van der Waals surface area contributed by atoms with Crippen molar-refractivity contribution >= 4 is 23.4 Å². The predicted octanol–water partition coefficient (Wildman–Crippen LogP) is 2.98. The van der Waals surface area contributed by atoms with Crippen LogP contribution in [-0.2, 0) is 4.79 Å². The number of halogens is 2. The summed E-state index contributed by atoms with van der Waals surface area (Å²) in [6, 6.07) is 6.79. The van der Waals surface area contributed by atoms with Gasteiger partial charge in [-0.2, -0.15) is 20.5 Å². The van der Waals surface area contributed by atoms with Gasteiger partial charge in [0.25, 0.3) is 0 Å². The van der Waals surface area contributed by atoms with Gasteiger partial charge >= 0.3 is 6.61 Å². The molecule has 0 saturated carbocycles. The maximum Gasteiger partial charge on any atom is 0.387 e. The number of thioether (sulfide) groups is 1. The van der Waals surface area contributed by atoms with E-state index in [-0.39, 0.29) is 23.6 Å². The number of hydrogen-bond donors (Lipinski definition) is 1. The Labute approximate surface area is 139 Å². The van der Waals surface area contributed by atoms with E-state index >= 15 is 0 Å². The number of carbonyl (C=O) groups is 1. The molecule has 1 heterocycles. The first kappa shape index (κ1) is 17.8. The third-order valence-electron chi connectivity index (χ3n) is 3.82. The molecular weight excluding hydrogens is 322 g/mol. The minimum atomic E-state index is -2.85. The molecule has 1 aromatic carbocycles. The van der Waals surface area contributed by atoms with Gasteiger partial charge in [-0.15, -0.1) is 0 Å². The number of benzene rings is 1. The van der Waals surface area contributed by atoms with E-state index < -0.39 is 6.61 Å². The predicted molar refractivity (Wildman–Crippen MR) is 89.4 cm³/mol.